The summed E-state index contributed by atoms with van der Waals surface area (Å²) >= 11 is 0. The van der Waals surface area contributed by atoms with E-state index < -0.39 is 16.7 Å². The SMILES string of the molecule is CCn1cc(NC(=O)Cn2nc([N+](=O)[O-])cc2C)c(C(=O)NC)n1. The summed E-state index contributed by atoms with van der Waals surface area (Å²) < 4.78 is 2.74. The maximum Gasteiger partial charge on any atom is 0.390 e. The van der Waals surface area contributed by atoms with Crippen LogP contribution in [0.1, 0.15) is 23.1 Å². The molecule has 11 nitrogen and oxygen atoms in total. The Morgan fingerprint density at radius 1 is 1.38 bits per heavy atom. The Morgan fingerprint density at radius 3 is 2.62 bits per heavy atom. The van der Waals surface area contributed by atoms with Crippen molar-refractivity contribution in [1.82, 2.24) is 24.9 Å². The highest BCUT2D eigenvalue weighted by Crippen LogP contribution is 2.15. The lowest BCUT2D eigenvalue weighted by atomic mass is 10.3. The summed E-state index contributed by atoms with van der Waals surface area (Å²) in [7, 11) is 1.46. The van der Waals surface area contributed by atoms with Gasteiger partial charge in [-0.15, -0.1) is 0 Å². The van der Waals surface area contributed by atoms with Gasteiger partial charge in [0.25, 0.3) is 5.91 Å². The first-order valence-corrected chi connectivity index (χ1v) is 7.14. The quantitative estimate of drug-likeness (QED) is 0.576. The predicted molar refractivity (Wildman–Crippen MR) is 83.5 cm³/mol. The van der Waals surface area contributed by atoms with Crippen LogP contribution in [0.15, 0.2) is 12.3 Å². The minimum Gasteiger partial charge on any atom is -0.358 e. The maximum absolute atomic E-state index is 12.2. The average Bonchev–Trinajstić information content (AvgIpc) is 3.10. The van der Waals surface area contributed by atoms with Crippen LogP contribution < -0.4 is 10.6 Å². The topological polar surface area (TPSA) is 137 Å². The molecule has 128 valence electrons. The van der Waals surface area contributed by atoms with Crippen molar-refractivity contribution in [2.45, 2.75) is 26.9 Å². The summed E-state index contributed by atoms with van der Waals surface area (Å²) in [6.45, 7) is 3.77. The molecule has 0 radical (unpaired) electrons. The van der Waals surface area contributed by atoms with Gasteiger partial charge in [0.1, 0.15) is 6.54 Å². The standard InChI is InChI=1S/C13H17N7O4/c1-4-18-6-9(12(17-18)13(22)14-3)15-11(21)7-19-8(2)5-10(16-19)20(23)24/h5-6H,4,7H2,1-3H3,(H,14,22)(H,15,21). The van der Waals surface area contributed by atoms with E-state index in [2.05, 4.69) is 20.8 Å². The molecule has 0 saturated heterocycles. The largest absolute Gasteiger partial charge is 0.390 e. The number of amides is 2. The third kappa shape index (κ3) is 3.56. The Hall–Kier alpha value is -3.24. The maximum atomic E-state index is 12.2. The molecular formula is C13H17N7O4. The molecule has 0 unspecified atom stereocenters. The molecule has 0 aromatic carbocycles. The Labute approximate surface area is 136 Å². The van der Waals surface area contributed by atoms with E-state index >= 15 is 0 Å². The van der Waals surface area contributed by atoms with Crippen LogP contribution >= 0.6 is 0 Å². The van der Waals surface area contributed by atoms with Gasteiger partial charge in [0.2, 0.25) is 5.91 Å². The van der Waals surface area contributed by atoms with Crippen molar-refractivity contribution in [2.75, 3.05) is 12.4 Å². The number of carbonyl (C=O) groups is 2. The normalized spacial score (nSPS) is 10.5. The summed E-state index contributed by atoms with van der Waals surface area (Å²) in [5.41, 5.74) is 0.837. The molecule has 0 atom stereocenters. The number of rotatable bonds is 6. The number of nitrogens with zero attached hydrogens (tertiary/aromatic N) is 5. The Morgan fingerprint density at radius 2 is 2.08 bits per heavy atom. The molecule has 0 saturated carbocycles. The molecule has 0 fully saturated rings. The highest BCUT2D eigenvalue weighted by molar-refractivity contribution is 6.02. The van der Waals surface area contributed by atoms with Gasteiger partial charge in [-0.05, 0) is 18.8 Å². The molecule has 11 heteroatoms. The van der Waals surface area contributed by atoms with Gasteiger partial charge >= 0.3 is 5.82 Å². The molecule has 0 aliphatic rings. The number of hydrogen-bond donors (Lipinski definition) is 2. The van der Waals surface area contributed by atoms with Crippen LogP contribution in [0, 0.1) is 17.0 Å². The minimum absolute atomic E-state index is 0.0934. The van der Waals surface area contributed by atoms with E-state index in [1.54, 1.807) is 13.1 Å². The molecule has 2 rings (SSSR count). The van der Waals surface area contributed by atoms with Gasteiger partial charge in [-0.3, -0.25) is 14.3 Å². The van der Waals surface area contributed by atoms with Crippen molar-refractivity contribution in [3.8, 4) is 0 Å². The molecular weight excluding hydrogens is 318 g/mol. The zero-order valence-corrected chi connectivity index (χ0v) is 13.4. The van der Waals surface area contributed by atoms with Gasteiger partial charge in [-0.25, -0.2) is 0 Å². The van der Waals surface area contributed by atoms with E-state index in [-0.39, 0.29) is 23.7 Å². The zero-order valence-electron chi connectivity index (χ0n) is 13.4. The van der Waals surface area contributed by atoms with Crippen LogP contribution in [0.4, 0.5) is 11.5 Å². The smallest absolute Gasteiger partial charge is 0.358 e. The lowest BCUT2D eigenvalue weighted by molar-refractivity contribution is -0.389. The van der Waals surface area contributed by atoms with Gasteiger partial charge in [0.05, 0.1) is 22.5 Å². The lowest BCUT2D eigenvalue weighted by Gasteiger charge is -2.04. The summed E-state index contributed by atoms with van der Waals surface area (Å²) in [5.74, 6) is -1.23. The van der Waals surface area contributed by atoms with E-state index in [1.165, 1.54) is 22.5 Å². The summed E-state index contributed by atoms with van der Waals surface area (Å²) in [6, 6.07) is 1.28. The van der Waals surface area contributed by atoms with Crippen LogP contribution in [-0.2, 0) is 17.9 Å². The number of nitrogens with one attached hydrogen (secondary N) is 2. The number of aryl methyl sites for hydroxylation is 2. The fourth-order valence-corrected chi connectivity index (χ4v) is 2.03. The van der Waals surface area contributed by atoms with Crippen molar-refractivity contribution in [2.24, 2.45) is 0 Å². The first-order valence-electron chi connectivity index (χ1n) is 7.14. The minimum atomic E-state index is -0.629. The first kappa shape index (κ1) is 17.1. The molecule has 0 aliphatic heterocycles. The van der Waals surface area contributed by atoms with Crippen molar-refractivity contribution in [3.63, 3.8) is 0 Å². The molecule has 0 bridgehead atoms. The molecule has 2 aromatic heterocycles. The molecule has 2 heterocycles. The second kappa shape index (κ2) is 6.89. The molecule has 0 spiro atoms. The van der Waals surface area contributed by atoms with Gasteiger partial charge in [0.15, 0.2) is 5.69 Å². The fourth-order valence-electron chi connectivity index (χ4n) is 2.03. The Bertz CT molecular complexity index is 792. The Kier molecular flexibility index (Phi) is 4.92. The summed E-state index contributed by atoms with van der Waals surface area (Å²) in [6.07, 6.45) is 1.54. The number of aromatic nitrogens is 4. The molecule has 2 aromatic rings. The van der Waals surface area contributed by atoms with Crippen LogP contribution in [0.2, 0.25) is 0 Å². The van der Waals surface area contributed by atoms with Gasteiger partial charge in [-0.2, -0.15) is 9.78 Å². The van der Waals surface area contributed by atoms with Crippen molar-refractivity contribution < 1.29 is 14.5 Å². The van der Waals surface area contributed by atoms with Gasteiger partial charge < -0.3 is 20.7 Å². The number of hydrogen-bond acceptors (Lipinski definition) is 6. The fraction of sp³-hybridized carbons (Fsp3) is 0.385. The monoisotopic (exact) mass is 335 g/mol. The van der Waals surface area contributed by atoms with E-state index in [1.807, 2.05) is 6.92 Å². The number of anilines is 1. The van der Waals surface area contributed by atoms with E-state index in [0.29, 0.717) is 12.2 Å². The van der Waals surface area contributed by atoms with Crippen LogP contribution in [-0.4, -0.2) is 43.3 Å². The van der Waals surface area contributed by atoms with Crippen LogP contribution in [0.3, 0.4) is 0 Å². The number of nitro groups is 1. The van der Waals surface area contributed by atoms with Gasteiger partial charge in [0, 0.05) is 19.8 Å². The second-order valence-electron chi connectivity index (χ2n) is 4.93. The number of carbonyl (C=O) groups excluding carboxylic acids is 2. The molecule has 24 heavy (non-hydrogen) atoms. The first-order chi connectivity index (χ1) is 11.3. The third-order valence-corrected chi connectivity index (χ3v) is 3.25. The molecule has 0 aliphatic carbocycles. The van der Waals surface area contributed by atoms with Gasteiger partial charge in [-0.1, -0.05) is 0 Å². The van der Waals surface area contributed by atoms with Crippen LogP contribution in [0.5, 0.6) is 0 Å². The van der Waals surface area contributed by atoms with Crippen molar-refractivity contribution in [3.05, 3.63) is 33.8 Å². The third-order valence-electron chi connectivity index (χ3n) is 3.25. The van der Waals surface area contributed by atoms with E-state index in [4.69, 9.17) is 0 Å². The molecule has 2 amide bonds. The van der Waals surface area contributed by atoms with Crippen LogP contribution in [0.25, 0.3) is 0 Å². The molecule has 2 N–H and O–H groups in total. The van der Waals surface area contributed by atoms with E-state index in [9.17, 15) is 19.7 Å². The van der Waals surface area contributed by atoms with Crippen molar-refractivity contribution in [1.29, 1.82) is 0 Å². The van der Waals surface area contributed by atoms with Crippen molar-refractivity contribution >= 4 is 23.3 Å². The summed E-state index contributed by atoms with van der Waals surface area (Å²) in [4.78, 5) is 34.0. The lowest BCUT2D eigenvalue weighted by Crippen LogP contribution is -2.24. The highest BCUT2D eigenvalue weighted by atomic mass is 16.6. The average molecular weight is 335 g/mol. The summed E-state index contributed by atoms with van der Waals surface area (Å²) in [5, 5.41) is 23.6. The van der Waals surface area contributed by atoms with E-state index in [0.717, 1.165) is 0 Å². The highest BCUT2D eigenvalue weighted by Gasteiger charge is 2.20. The zero-order chi connectivity index (χ0) is 17.9. The Balaban J connectivity index is 2.16. The predicted octanol–water partition coefficient (Wildman–Crippen LogP) is 0.314. The second-order valence-corrected chi connectivity index (χ2v) is 4.93.